The lowest BCUT2D eigenvalue weighted by molar-refractivity contribution is -0.132. The molecular weight excluding hydrogens is 512 g/mol. The first-order valence-corrected chi connectivity index (χ1v) is 13.2. The number of carbonyl (C=O) groups excluding carboxylic acids is 3. The molecule has 0 spiro atoms. The monoisotopic (exact) mass is 538 g/mol. The summed E-state index contributed by atoms with van der Waals surface area (Å²) >= 11 is 1.06. The highest BCUT2D eigenvalue weighted by Crippen LogP contribution is 2.43. The molecule has 1 atom stereocenters. The van der Waals surface area contributed by atoms with Gasteiger partial charge in [-0.2, -0.15) is 0 Å². The fourth-order valence-corrected chi connectivity index (χ4v) is 5.61. The number of anilines is 1. The standard InChI is InChI=1S/C31H26N2O5S/c1-18-8-7-9-21(16-18)17-38-24-14-12-23(13-15-24)27(35)25-26(22-10-5-4-6-11-22)33(30(37)28(25)36)31-32-19(2)29(39-31)20(3)34/h4-16,26,35H,17H2,1-3H3. The molecule has 2 heterocycles. The minimum atomic E-state index is -0.909. The Morgan fingerprint density at radius 3 is 2.36 bits per heavy atom. The van der Waals surface area contributed by atoms with Gasteiger partial charge in [0.15, 0.2) is 10.9 Å². The number of hydrogen-bond donors (Lipinski definition) is 1. The van der Waals surface area contributed by atoms with E-state index in [1.54, 1.807) is 55.5 Å². The molecule has 0 saturated carbocycles. The Morgan fingerprint density at radius 1 is 1.00 bits per heavy atom. The number of aliphatic hydroxyl groups is 1. The third kappa shape index (κ3) is 5.11. The molecule has 1 unspecified atom stereocenters. The molecule has 1 N–H and O–H groups in total. The highest BCUT2D eigenvalue weighted by Gasteiger charge is 2.48. The average Bonchev–Trinajstić information content (AvgIpc) is 3.44. The summed E-state index contributed by atoms with van der Waals surface area (Å²) in [5, 5.41) is 11.6. The third-order valence-corrected chi connectivity index (χ3v) is 7.74. The lowest BCUT2D eigenvalue weighted by Crippen LogP contribution is -2.29. The predicted octanol–water partition coefficient (Wildman–Crippen LogP) is 6.17. The number of ether oxygens (including phenoxy) is 1. The Bertz CT molecular complexity index is 1610. The van der Waals surface area contributed by atoms with E-state index in [-0.39, 0.29) is 22.2 Å². The van der Waals surface area contributed by atoms with Gasteiger partial charge in [-0.25, -0.2) is 4.98 Å². The largest absolute Gasteiger partial charge is 0.507 e. The van der Waals surface area contributed by atoms with Crippen LogP contribution in [0.5, 0.6) is 5.75 Å². The molecule has 1 aromatic heterocycles. The van der Waals surface area contributed by atoms with Gasteiger partial charge in [-0.1, -0.05) is 71.5 Å². The van der Waals surface area contributed by atoms with E-state index in [9.17, 15) is 19.5 Å². The van der Waals surface area contributed by atoms with Crippen molar-refractivity contribution < 1.29 is 24.2 Å². The summed E-state index contributed by atoms with van der Waals surface area (Å²) in [6, 6.07) is 22.8. The maximum absolute atomic E-state index is 13.3. The van der Waals surface area contributed by atoms with Crippen LogP contribution in [0.2, 0.25) is 0 Å². The van der Waals surface area contributed by atoms with Gasteiger partial charge in [0.05, 0.1) is 22.2 Å². The van der Waals surface area contributed by atoms with Crippen LogP contribution in [0.4, 0.5) is 5.13 Å². The van der Waals surface area contributed by atoms with Gasteiger partial charge in [-0.15, -0.1) is 0 Å². The van der Waals surface area contributed by atoms with Crippen LogP contribution in [0.15, 0.2) is 84.4 Å². The van der Waals surface area contributed by atoms with Crippen LogP contribution in [-0.2, 0) is 16.2 Å². The Kier molecular flexibility index (Phi) is 7.13. The second kappa shape index (κ2) is 10.7. The van der Waals surface area contributed by atoms with Crippen LogP contribution in [0.3, 0.4) is 0 Å². The summed E-state index contributed by atoms with van der Waals surface area (Å²) in [4.78, 5) is 44.8. The molecule has 1 saturated heterocycles. The predicted molar refractivity (Wildman–Crippen MR) is 150 cm³/mol. The fraction of sp³-hybridized carbons (Fsp3) is 0.161. The molecule has 3 aromatic carbocycles. The van der Waals surface area contributed by atoms with E-state index in [0.29, 0.717) is 34.1 Å². The lowest BCUT2D eigenvalue weighted by Gasteiger charge is -2.23. The van der Waals surface area contributed by atoms with Gasteiger partial charge in [0, 0.05) is 12.5 Å². The second-order valence-corrected chi connectivity index (χ2v) is 10.3. The van der Waals surface area contributed by atoms with Crippen molar-refractivity contribution in [1.82, 2.24) is 4.98 Å². The SMILES string of the molecule is CC(=O)c1sc(N2C(=O)C(=O)C(=C(O)c3ccc(OCc4cccc(C)c4)cc3)C2c2ccccc2)nc1C. The number of amides is 1. The number of Topliss-reactive ketones (excluding diaryl/α,β-unsaturated/α-hetero) is 2. The Balaban J connectivity index is 1.51. The summed E-state index contributed by atoms with van der Waals surface area (Å²) in [5.41, 5.74) is 3.63. The molecule has 1 aliphatic rings. The molecular formula is C31H26N2O5S. The maximum Gasteiger partial charge on any atom is 0.301 e. The van der Waals surface area contributed by atoms with Crippen LogP contribution < -0.4 is 9.64 Å². The number of ketones is 2. The van der Waals surface area contributed by atoms with Crippen molar-refractivity contribution in [1.29, 1.82) is 0 Å². The first-order valence-electron chi connectivity index (χ1n) is 12.4. The number of aromatic nitrogens is 1. The summed E-state index contributed by atoms with van der Waals surface area (Å²) in [5.74, 6) is -1.50. The van der Waals surface area contributed by atoms with E-state index < -0.39 is 17.7 Å². The normalized spacial score (nSPS) is 16.5. The first kappa shape index (κ1) is 26.1. The zero-order valence-corrected chi connectivity index (χ0v) is 22.5. The molecule has 4 aromatic rings. The zero-order valence-electron chi connectivity index (χ0n) is 21.7. The highest BCUT2D eigenvalue weighted by molar-refractivity contribution is 7.18. The summed E-state index contributed by atoms with van der Waals surface area (Å²) < 4.78 is 5.88. The van der Waals surface area contributed by atoms with E-state index in [0.717, 1.165) is 22.5 Å². The fourth-order valence-electron chi connectivity index (χ4n) is 4.63. The molecule has 1 fully saturated rings. The van der Waals surface area contributed by atoms with Crippen LogP contribution in [-0.4, -0.2) is 27.6 Å². The van der Waals surface area contributed by atoms with Gasteiger partial charge in [0.25, 0.3) is 5.78 Å². The van der Waals surface area contributed by atoms with Gasteiger partial charge < -0.3 is 9.84 Å². The number of carbonyl (C=O) groups is 3. The van der Waals surface area contributed by atoms with E-state index in [1.165, 1.54) is 11.8 Å². The number of benzene rings is 3. The van der Waals surface area contributed by atoms with E-state index in [1.807, 2.05) is 37.3 Å². The zero-order chi connectivity index (χ0) is 27.7. The van der Waals surface area contributed by atoms with E-state index in [4.69, 9.17) is 4.74 Å². The van der Waals surface area contributed by atoms with Crippen molar-refractivity contribution in [2.45, 2.75) is 33.4 Å². The van der Waals surface area contributed by atoms with E-state index in [2.05, 4.69) is 4.98 Å². The quantitative estimate of drug-likeness (QED) is 0.131. The summed E-state index contributed by atoms with van der Waals surface area (Å²) in [7, 11) is 0. The number of aryl methyl sites for hydroxylation is 2. The minimum Gasteiger partial charge on any atom is -0.507 e. The Hall–Kier alpha value is -4.56. The van der Waals surface area contributed by atoms with Gasteiger partial charge in [-0.3, -0.25) is 19.3 Å². The minimum absolute atomic E-state index is 0.0446. The number of thiazole rings is 1. The van der Waals surface area contributed by atoms with Crippen molar-refractivity contribution in [3.05, 3.63) is 117 Å². The van der Waals surface area contributed by atoms with Crippen LogP contribution in [0.1, 0.15) is 50.6 Å². The van der Waals surface area contributed by atoms with Gasteiger partial charge in [0.1, 0.15) is 18.1 Å². The molecule has 39 heavy (non-hydrogen) atoms. The highest BCUT2D eigenvalue weighted by atomic mass is 32.1. The molecule has 196 valence electrons. The number of aliphatic hydroxyl groups excluding tert-OH is 1. The number of nitrogens with zero attached hydrogens (tertiary/aromatic N) is 2. The van der Waals surface area contributed by atoms with Crippen LogP contribution in [0, 0.1) is 13.8 Å². The Morgan fingerprint density at radius 2 is 1.72 bits per heavy atom. The average molecular weight is 539 g/mol. The summed E-state index contributed by atoms with van der Waals surface area (Å²) in [6.45, 7) is 5.53. The van der Waals surface area contributed by atoms with Crippen molar-refractivity contribution in [2.75, 3.05) is 4.90 Å². The molecule has 0 aliphatic carbocycles. The molecule has 8 heteroatoms. The molecule has 1 amide bonds. The topological polar surface area (TPSA) is 96.8 Å². The van der Waals surface area contributed by atoms with Crippen LogP contribution in [0.25, 0.3) is 5.76 Å². The third-order valence-electron chi connectivity index (χ3n) is 6.49. The maximum atomic E-state index is 13.3. The van der Waals surface area contributed by atoms with Crippen LogP contribution >= 0.6 is 11.3 Å². The molecule has 5 rings (SSSR count). The molecule has 0 bridgehead atoms. The molecule has 7 nitrogen and oxygen atoms in total. The van der Waals surface area contributed by atoms with Gasteiger partial charge in [-0.05, 0) is 49.2 Å². The smallest absolute Gasteiger partial charge is 0.301 e. The van der Waals surface area contributed by atoms with Gasteiger partial charge in [0.2, 0.25) is 0 Å². The van der Waals surface area contributed by atoms with Crippen molar-refractivity contribution in [3.8, 4) is 5.75 Å². The summed E-state index contributed by atoms with van der Waals surface area (Å²) in [6.07, 6.45) is 0. The van der Waals surface area contributed by atoms with Crippen molar-refractivity contribution in [2.24, 2.45) is 0 Å². The number of hydrogen-bond acceptors (Lipinski definition) is 7. The molecule has 1 aliphatic heterocycles. The Labute approximate surface area is 230 Å². The van der Waals surface area contributed by atoms with E-state index >= 15 is 0 Å². The second-order valence-electron chi connectivity index (χ2n) is 9.35. The van der Waals surface area contributed by atoms with Crippen molar-refractivity contribution in [3.63, 3.8) is 0 Å². The van der Waals surface area contributed by atoms with Gasteiger partial charge >= 0.3 is 5.91 Å². The van der Waals surface area contributed by atoms with Crippen molar-refractivity contribution >= 4 is 39.7 Å². The number of rotatable bonds is 7. The first-order chi connectivity index (χ1) is 18.7. The lowest BCUT2D eigenvalue weighted by atomic mass is 9.95. The molecule has 0 radical (unpaired) electrons.